The van der Waals surface area contributed by atoms with Gasteiger partial charge in [0, 0.05) is 38.2 Å². The molecule has 1 atom stereocenters. The Morgan fingerprint density at radius 2 is 2.16 bits per heavy atom. The van der Waals surface area contributed by atoms with Crippen molar-refractivity contribution in [2.45, 2.75) is 45.1 Å². The number of thioether (sulfide) groups is 1. The van der Waals surface area contributed by atoms with Crippen LogP contribution in [0.1, 0.15) is 39.0 Å². The van der Waals surface area contributed by atoms with E-state index in [1.807, 2.05) is 6.92 Å². The van der Waals surface area contributed by atoms with Crippen molar-refractivity contribution in [3.05, 3.63) is 0 Å². The first-order valence-electron chi connectivity index (χ1n) is 6.69. The minimum Gasteiger partial charge on any atom is -0.382 e. The first-order valence-corrected chi connectivity index (χ1v) is 7.67. The van der Waals surface area contributed by atoms with Gasteiger partial charge in [0.2, 0.25) is 11.0 Å². The lowest BCUT2D eigenvalue weighted by Crippen LogP contribution is -2.37. The number of amides is 1. The van der Waals surface area contributed by atoms with E-state index in [2.05, 4.69) is 5.32 Å². The topological polar surface area (TPSA) is 72.5 Å². The van der Waals surface area contributed by atoms with Gasteiger partial charge in [-0.1, -0.05) is 11.8 Å². The van der Waals surface area contributed by atoms with Gasteiger partial charge in [-0.3, -0.25) is 14.4 Å². The summed E-state index contributed by atoms with van der Waals surface area (Å²) >= 11 is 1.25. The third-order valence-corrected chi connectivity index (χ3v) is 3.86. The Bertz CT molecular complexity index is 333. The van der Waals surface area contributed by atoms with Crippen LogP contribution in [-0.2, 0) is 19.1 Å². The van der Waals surface area contributed by atoms with E-state index in [4.69, 9.17) is 4.74 Å². The Balaban J connectivity index is 2.08. The van der Waals surface area contributed by atoms with Crippen molar-refractivity contribution in [3.63, 3.8) is 0 Å². The molecule has 1 N–H and O–H groups in total. The van der Waals surface area contributed by atoms with Crippen molar-refractivity contribution in [2.24, 2.45) is 0 Å². The van der Waals surface area contributed by atoms with Crippen molar-refractivity contribution < 1.29 is 19.1 Å². The molecule has 19 heavy (non-hydrogen) atoms. The number of nitrogens with one attached hydrogen (secondary N) is 1. The van der Waals surface area contributed by atoms with Crippen LogP contribution in [0.4, 0.5) is 0 Å². The number of rotatable bonds is 9. The molecule has 0 saturated carbocycles. The highest BCUT2D eigenvalue weighted by Crippen LogP contribution is 2.19. The summed E-state index contributed by atoms with van der Waals surface area (Å²) in [6, 6.07) is -0.356. The fourth-order valence-corrected chi connectivity index (χ4v) is 2.72. The van der Waals surface area contributed by atoms with Crippen molar-refractivity contribution in [3.8, 4) is 0 Å². The largest absolute Gasteiger partial charge is 0.382 e. The van der Waals surface area contributed by atoms with Crippen LogP contribution < -0.4 is 5.32 Å². The van der Waals surface area contributed by atoms with Gasteiger partial charge in [0.15, 0.2) is 0 Å². The van der Waals surface area contributed by atoms with Crippen LogP contribution in [0, 0.1) is 0 Å². The Kier molecular flexibility index (Phi) is 7.74. The number of carbonyl (C=O) groups excluding carboxylic acids is 3. The molecular weight excluding hydrogens is 266 g/mol. The Morgan fingerprint density at radius 3 is 2.79 bits per heavy atom. The highest BCUT2D eigenvalue weighted by molar-refractivity contribution is 8.14. The molecule has 1 aliphatic heterocycles. The lowest BCUT2D eigenvalue weighted by Gasteiger charge is -2.09. The molecule has 1 fully saturated rings. The van der Waals surface area contributed by atoms with Gasteiger partial charge < -0.3 is 10.1 Å². The minimum absolute atomic E-state index is 0.0244. The summed E-state index contributed by atoms with van der Waals surface area (Å²) in [7, 11) is 0. The second kappa shape index (κ2) is 9.09. The molecule has 1 saturated heterocycles. The molecule has 0 bridgehead atoms. The predicted octanol–water partition coefficient (Wildman–Crippen LogP) is 1.30. The number of carbonyl (C=O) groups is 3. The Morgan fingerprint density at radius 1 is 1.37 bits per heavy atom. The summed E-state index contributed by atoms with van der Waals surface area (Å²) in [6.07, 6.45) is 2.25. The molecule has 0 aromatic heterocycles. The first kappa shape index (κ1) is 16.2. The number of ketones is 1. The second-order valence-corrected chi connectivity index (χ2v) is 5.51. The van der Waals surface area contributed by atoms with Gasteiger partial charge in [0.1, 0.15) is 5.78 Å². The van der Waals surface area contributed by atoms with Crippen LogP contribution in [0.25, 0.3) is 0 Å². The molecule has 1 rings (SSSR count). The Hall–Kier alpha value is -0.880. The molecular formula is C13H21NO4S. The molecule has 1 unspecified atom stereocenters. The smallest absolute Gasteiger partial charge is 0.221 e. The first-order chi connectivity index (χ1) is 9.13. The van der Waals surface area contributed by atoms with E-state index in [0.717, 1.165) is 5.75 Å². The molecule has 0 aromatic rings. The van der Waals surface area contributed by atoms with Crippen molar-refractivity contribution in [2.75, 3.05) is 19.0 Å². The maximum absolute atomic E-state index is 11.6. The second-order valence-electron chi connectivity index (χ2n) is 4.42. The van der Waals surface area contributed by atoms with E-state index in [1.54, 1.807) is 0 Å². The zero-order valence-electron chi connectivity index (χ0n) is 11.3. The van der Waals surface area contributed by atoms with Crippen molar-refractivity contribution in [1.29, 1.82) is 0 Å². The van der Waals surface area contributed by atoms with E-state index in [1.165, 1.54) is 11.8 Å². The summed E-state index contributed by atoms with van der Waals surface area (Å²) in [5.41, 5.74) is 0. The number of Topliss-reactive ketones (excluding diaryl/α,β-unsaturated/α-hetero) is 1. The van der Waals surface area contributed by atoms with Gasteiger partial charge in [-0.05, 0) is 19.8 Å². The fraction of sp³-hybridized carbons (Fsp3) is 0.769. The summed E-state index contributed by atoms with van der Waals surface area (Å²) in [5.74, 6) is 0.626. The van der Waals surface area contributed by atoms with E-state index < -0.39 is 0 Å². The van der Waals surface area contributed by atoms with Gasteiger partial charge in [-0.2, -0.15) is 0 Å². The summed E-state index contributed by atoms with van der Waals surface area (Å²) in [5, 5.41) is 2.70. The maximum atomic E-state index is 11.6. The number of hydrogen-bond acceptors (Lipinski definition) is 5. The molecule has 0 radical (unpaired) electrons. The van der Waals surface area contributed by atoms with Crippen LogP contribution in [0.5, 0.6) is 0 Å². The van der Waals surface area contributed by atoms with Gasteiger partial charge in [-0.25, -0.2) is 0 Å². The van der Waals surface area contributed by atoms with Crippen LogP contribution in [-0.4, -0.2) is 41.8 Å². The molecule has 0 aromatic carbocycles. The van der Waals surface area contributed by atoms with Gasteiger partial charge in [0.05, 0.1) is 6.04 Å². The third kappa shape index (κ3) is 6.73. The van der Waals surface area contributed by atoms with E-state index >= 15 is 0 Å². The van der Waals surface area contributed by atoms with Crippen LogP contribution in [0.3, 0.4) is 0 Å². The zero-order valence-corrected chi connectivity index (χ0v) is 12.1. The van der Waals surface area contributed by atoms with Crippen molar-refractivity contribution in [1.82, 2.24) is 5.32 Å². The normalized spacial score (nSPS) is 18.6. The van der Waals surface area contributed by atoms with Crippen LogP contribution >= 0.6 is 11.8 Å². The molecule has 0 spiro atoms. The summed E-state index contributed by atoms with van der Waals surface area (Å²) in [4.78, 5) is 34.4. The third-order valence-electron chi connectivity index (χ3n) is 2.85. The monoisotopic (exact) mass is 287 g/mol. The Labute approximate surface area is 117 Å². The van der Waals surface area contributed by atoms with E-state index in [-0.39, 0.29) is 35.7 Å². The van der Waals surface area contributed by atoms with Crippen molar-refractivity contribution >= 4 is 28.6 Å². The lowest BCUT2D eigenvalue weighted by atomic mass is 10.1. The number of hydrogen-bond donors (Lipinski definition) is 1. The van der Waals surface area contributed by atoms with E-state index in [0.29, 0.717) is 32.5 Å². The molecule has 1 heterocycles. The van der Waals surface area contributed by atoms with Gasteiger partial charge >= 0.3 is 0 Å². The minimum atomic E-state index is -0.356. The number of ether oxygens (including phenoxy) is 1. The molecule has 108 valence electrons. The average molecular weight is 287 g/mol. The van der Waals surface area contributed by atoms with Gasteiger partial charge in [-0.15, -0.1) is 0 Å². The molecule has 0 aliphatic carbocycles. The van der Waals surface area contributed by atoms with Crippen LogP contribution in [0.2, 0.25) is 0 Å². The SMILES string of the molecule is CCOCCCC(=O)CCC(=O)NC1CCSC1=O. The standard InChI is InChI=1S/C13H21NO4S/c1-2-18-8-3-4-10(15)5-6-12(16)14-11-7-9-19-13(11)17/h11H,2-9H2,1H3,(H,14,16). The molecule has 1 amide bonds. The van der Waals surface area contributed by atoms with Crippen LogP contribution in [0.15, 0.2) is 0 Å². The highest BCUT2D eigenvalue weighted by atomic mass is 32.2. The van der Waals surface area contributed by atoms with Gasteiger partial charge in [0.25, 0.3) is 0 Å². The average Bonchev–Trinajstić information content (AvgIpc) is 2.78. The zero-order chi connectivity index (χ0) is 14.1. The van der Waals surface area contributed by atoms with E-state index in [9.17, 15) is 14.4 Å². The predicted molar refractivity (Wildman–Crippen MR) is 74.0 cm³/mol. The maximum Gasteiger partial charge on any atom is 0.221 e. The highest BCUT2D eigenvalue weighted by Gasteiger charge is 2.26. The quantitative estimate of drug-likeness (QED) is 0.647. The summed E-state index contributed by atoms with van der Waals surface area (Å²) < 4.78 is 5.14. The molecule has 1 aliphatic rings. The fourth-order valence-electron chi connectivity index (χ4n) is 1.79. The molecule has 6 heteroatoms. The summed E-state index contributed by atoms with van der Waals surface area (Å²) in [6.45, 7) is 3.15. The molecule has 5 nitrogen and oxygen atoms in total. The lowest BCUT2D eigenvalue weighted by molar-refractivity contribution is -0.127.